The summed E-state index contributed by atoms with van der Waals surface area (Å²) in [5, 5.41) is 19.9. The Morgan fingerprint density at radius 1 is 1.05 bits per heavy atom. The number of fused-ring (bicyclic) bond motifs is 1. The smallest absolute Gasteiger partial charge is 0.337 e. The lowest BCUT2D eigenvalue weighted by atomic mass is 9.92. The minimum absolute atomic E-state index is 0.131. The van der Waals surface area contributed by atoms with E-state index >= 15 is 0 Å². The predicted molar refractivity (Wildman–Crippen MR) is 76.5 cm³/mol. The molecule has 0 aliphatic rings. The van der Waals surface area contributed by atoms with Gasteiger partial charge >= 0.3 is 11.9 Å². The lowest BCUT2D eigenvalue weighted by Crippen LogP contribution is -2.10. The van der Waals surface area contributed by atoms with Crippen molar-refractivity contribution in [3.8, 4) is 0 Å². The maximum absolute atomic E-state index is 11.4. The van der Waals surface area contributed by atoms with Crippen molar-refractivity contribution >= 4 is 22.7 Å². The summed E-state index contributed by atoms with van der Waals surface area (Å²) in [7, 11) is 0. The minimum atomic E-state index is -1.21. The normalized spacial score (nSPS) is 10.7. The average Bonchev–Trinajstić information content (AvgIpc) is 2.43. The van der Waals surface area contributed by atoms with Crippen LogP contribution >= 0.6 is 0 Å². The number of hydrogen-bond donors (Lipinski definition) is 2. The van der Waals surface area contributed by atoms with Crippen LogP contribution in [0.2, 0.25) is 0 Å². The molecule has 0 unspecified atom stereocenters. The zero-order valence-electron chi connectivity index (χ0n) is 11.2. The molecule has 0 saturated heterocycles. The van der Waals surface area contributed by atoms with Gasteiger partial charge in [0.05, 0.1) is 11.1 Å². The maximum atomic E-state index is 11.4. The average molecular weight is 272 g/mol. The Bertz CT molecular complexity index is 673. The summed E-state index contributed by atoms with van der Waals surface area (Å²) >= 11 is 0. The van der Waals surface area contributed by atoms with Crippen molar-refractivity contribution in [2.75, 3.05) is 0 Å². The molecule has 20 heavy (non-hydrogen) atoms. The number of aryl methyl sites for hydroxylation is 1. The quantitative estimate of drug-likeness (QED) is 0.872. The number of rotatable bonds is 5. The van der Waals surface area contributed by atoms with Crippen LogP contribution in [0, 0.1) is 0 Å². The number of hydrogen-bond acceptors (Lipinski definition) is 2. The third-order valence-corrected chi connectivity index (χ3v) is 3.37. The van der Waals surface area contributed by atoms with E-state index < -0.39 is 11.9 Å². The summed E-state index contributed by atoms with van der Waals surface area (Å²) in [5.74, 6) is -2.41. The third kappa shape index (κ3) is 2.50. The molecule has 0 saturated carbocycles. The molecule has 0 atom stereocenters. The Morgan fingerprint density at radius 3 is 2.25 bits per heavy atom. The van der Waals surface area contributed by atoms with Gasteiger partial charge in [-0.05, 0) is 35.2 Å². The molecule has 2 rings (SSSR count). The fraction of sp³-hybridized carbons (Fsp3) is 0.250. The topological polar surface area (TPSA) is 74.6 Å². The minimum Gasteiger partial charge on any atom is -0.478 e. The molecule has 0 heterocycles. The van der Waals surface area contributed by atoms with Crippen molar-refractivity contribution in [3.63, 3.8) is 0 Å². The third-order valence-electron chi connectivity index (χ3n) is 3.37. The molecule has 4 nitrogen and oxygen atoms in total. The van der Waals surface area contributed by atoms with Crippen molar-refractivity contribution in [1.29, 1.82) is 0 Å². The predicted octanol–water partition coefficient (Wildman–Crippen LogP) is 3.58. The molecule has 2 aromatic carbocycles. The van der Waals surface area contributed by atoms with Gasteiger partial charge in [0.15, 0.2) is 0 Å². The van der Waals surface area contributed by atoms with Gasteiger partial charge in [-0.25, -0.2) is 9.59 Å². The maximum Gasteiger partial charge on any atom is 0.337 e. The van der Waals surface area contributed by atoms with E-state index in [1.54, 1.807) is 12.1 Å². The van der Waals surface area contributed by atoms with Crippen LogP contribution in [-0.2, 0) is 6.42 Å². The number of carbonyl (C=O) groups is 2. The van der Waals surface area contributed by atoms with E-state index in [1.807, 2.05) is 12.1 Å². The first kappa shape index (κ1) is 14.1. The molecule has 0 amide bonds. The van der Waals surface area contributed by atoms with Gasteiger partial charge in [0.2, 0.25) is 0 Å². The molecule has 0 aliphatic carbocycles. The second kappa shape index (κ2) is 5.74. The van der Waals surface area contributed by atoms with E-state index in [4.69, 9.17) is 0 Å². The van der Waals surface area contributed by atoms with E-state index in [2.05, 4.69) is 6.92 Å². The molecule has 0 aromatic heterocycles. The fourth-order valence-corrected chi connectivity index (χ4v) is 2.42. The first-order valence-electron chi connectivity index (χ1n) is 6.57. The molecule has 2 aromatic rings. The molecule has 0 spiro atoms. The van der Waals surface area contributed by atoms with Crippen molar-refractivity contribution in [3.05, 3.63) is 47.0 Å². The van der Waals surface area contributed by atoms with Crippen molar-refractivity contribution < 1.29 is 19.8 Å². The molecule has 2 N–H and O–H groups in total. The second-order valence-corrected chi connectivity index (χ2v) is 4.72. The Morgan fingerprint density at radius 2 is 1.70 bits per heavy atom. The van der Waals surface area contributed by atoms with Crippen molar-refractivity contribution in [2.24, 2.45) is 0 Å². The molecule has 0 radical (unpaired) electrons. The van der Waals surface area contributed by atoms with Crippen LogP contribution in [0.3, 0.4) is 0 Å². The van der Waals surface area contributed by atoms with Crippen LogP contribution in [0.4, 0.5) is 0 Å². The summed E-state index contributed by atoms with van der Waals surface area (Å²) in [6, 6.07) is 8.58. The lowest BCUT2D eigenvalue weighted by molar-refractivity contribution is 0.0653. The zero-order chi connectivity index (χ0) is 14.7. The van der Waals surface area contributed by atoms with Gasteiger partial charge in [0.1, 0.15) is 0 Å². The number of unbranched alkanes of at least 4 members (excludes halogenated alkanes) is 1. The fourth-order valence-electron chi connectivity index (χ4n) is 2.42. The van der Waals surface area contributed by atoms with E-state index in [1.165, 1.54) is 6.07 Å². The van der Waals surface area contributed by atoms with E-state index in [0.29, 0.717) is 5.39 Å². The summed E-state index contributed by atoms with van der Waals surface area (Å²) in [6.45, 7) is 2.06. The molecule has 0 bridgehead atoms. The highest BCUT2D eigenvalue weighted by Crippen LogP contribution is 2.28. The van der Waals surface area contributed by atoms with E-state index in [0.717, 1.165) is 30.2 Å². The number of carboxylic acids is 2. The van der Waals surface area contributed by atoms with Crippen LogP contribution in [-0.4, -0.2) is 22.2 Å². The standard InChI is InChI=1S/C16H16O4/c1-2-3-6-10-9-13(15(17)18)14(16(19)20)12-8-5-4-7-11(10)12/h4-5,7-9H,2-3,6H2,1H3,(H,17,18)(H,19,20). The Labute approximate surface area is 116 Å². The largest absolute Gasteiger partial charge is 0.478 e. The summed E-state index contributed by atoms with van der Waals surface area (Å²) in [4.78, 5) is 22.7. The highest BCUT2D eigenvalue weighted by molar-refractivity contribution is 6.12. The highest BCUT2D eigenvalue weighted by Gasteiger charge is 2.21. The zero-order valence-corrected chi connectivity index (χ0v) is 11.2. The highest BCUT2D eigenvalue weighted by atomic mass is 16.4. The van der Waals surface area contributed by atoms with Crippen LogP contribution in [0.25, 0.3) is 10.8 Å². The second-order valence-electron chi connectivity index (χ2n) is 4.72. The number of carboxylic acid groups (broad SMARTS) is 2. The van der Waals surface area contributed by atoms with Crippen LogP contribution in [0.15, 0.2) is 30.3 Å². The molecule has 4 heteroatoms. The van der Waals surface area contributed by atoms with E-state index in [-0.39, 0.29) is 11.1 Å². The van der Waals surface area contributed by atoms with Crippen molar-refractivity contribution in [1.82, 2.24) is 0 Å². The van der Waals surface area contributed by atoms with Crippen LogP contribution in [0.1, 0.15) is 46.0 Å². The molecular weight excluding hydrogens is 256 g/mol. The van der Waals surface area contributed by atoms with Gasteiger partial charge in [-0.1, -0.05) is 37.6 Å². The summed E-state index contributed by atoms with van der Waals surface area (Å²) in [5.41, 5.74) is 0.625. The molecule has 0 aliphatic heterocycles. The lowest BCUT2D eigenvalue weighted by Gasteiger charge is -2.12. The van der Waals surface area contributed by atoms with Gasteiger partial charge in [-0.3, -0.25) is 0 Å². The van der Waals surface area contributed by atoms with Gasteiger partial charge in [0, 0.05) is 0 Å². The molecular formula is C16H16O4. The number of benzene rings is 2. The van der Waals surface area contributed by atoms with Gasteiger partial charge < -0.3 is 10.2 Å². The van der Waals surface area contributed by atoms with Crippen molar-refractivity contribution in [2.45, 2.75) is 26.2 Å². The molecule has 104 valence electrons. The Balaban J connectivity index is 2.79. The monoisotopic (exact) mass is 272 g/mol. The Kier molecular flexibility index (Phi) is 4.03. The van der Waals surface area contributed by atoms with Crippen LogP contribution in [0.5, 0.6) is 0 Å². The first-order chi connectivity index (χ1) is 9.56. The van der Waals surface area contributed by atoms with Crippen LogP contribution < -0.4 is 0 Å². The van der Waals surface area contributed by atoms with Gasteiger partial charge in [-0.2, -0.15) is 0 Å². The summed E-state index contributed by atoms with van der Waals surface area (Å²) in [6.07, 6.45) is 2.68. The van der Waals surface area contributed by atoms with E-state index in [9.17, 15) is 19.8 Å². The Hall–Kier alpha value is -2.36. The number of aromatic carboxylic acids is 2. The molecule has 0 fully saturated rings. The summed E-state index contributed by atoms with van der Waals surface area (Å²) < 4.78 is 0. The van der Waals surface area contributed by atoms with Gasteiger partial charge in [-0.15, -0.1) is 0 Å². The first-order valence-corrected chi connectivity index (χ1v) is 6.57. The SMILES string of the molecule is CCCCc1cc(C(=O)O)c(C(=O)O)c2ccccc12. The van der Waals surface area contributed by atoms with Gasteiger partial charge in [0.25, 0.3) is 0 Å².